The van der Waals surface area contributed by atoms with Crippen LogP contribution in [0.5, 0.6) is 0 Å². The molecule has 0 radical (unpaired) electrons. The maximum absolute atomic E-state index is 12.3. The van der Waals surface area contributed by atoms with Crippen LogP contribution in [0.15, 0.2) is 0 Å². The Kier molecular flexibility index (Phi) is 4.78. The molecule has 5 nitrogen and oxygen atoms in total. The highest BCUT2D eigenvalue weighted by Gasteiger charge is 2.52. The van der Waals surface area contributed by atoms with Gasteiger partial charge in [0.2, 0.25) is 11.8 Å². The van der Waals surface area contributed by atoms with Gasteiger partial charge in [-0.2, -0.15) is 11.8 Å². The van der Waals surface area contributed by atoms with Crippen LogP contribution < -0.4 is 5.32 Å². The summed E-state index contributed by atoms with van der Waals surface area (Å²) in [6.45, 7) is 5.92. The normalized spacial score (nSPS) is 24.7. The number of hydrogen-bond donors (Lipinski definition) is 1. The second-order valence-electron chi connectivity index (χ2n) is 4.94. The number of amides is 4. The third kappa shape index (κ3) is 2.68. The molecule has 4 amide bonds. The van der Waals surface area contributed by atoms with Gasteiger partial charge in [-0.1, -0.05) is 20.8 Å². The SMILES string of the molecule is CCSCC1(CC(C)C)C(=O)NC(=O)N(C)C1=O. The fourth-order valence-electron chi connectivity index (χ4n) is 2.15. The minimum absolute atomic E-state index is 0.207. The highest BCUT2D eigenvalue weighted by atomic mass is 32.2. The van der Waals surface area contributed by atoms with Gasteiger partial charge in [0, 0.05) is 12.8 Å². The van der Waals surface area contributed by atoms with Gasteiger partial charge >= 0.3 is 6.03 Å². The average Bonchev–Trinajstić information content (AvgIpc) is 2.30. The number of rotatable bonds is 5. The Morgan fingerprint density at radius 2 is 1.94 bits per heavy atom. The summed E-state index contributed by atoms with van der Waals surface area (Å²) in [6.07, 6.45) is 0.461. The van der Waals surface area contributed by atoms with Gasteiger partial charge in [0.1, 0.15) is 5.41 Å². The van der Waals surface area contributed by atoms with Crippen molar-refractivity contribution in [3.05, 3.63) is 0 Å². The first-order valence-corrected chi connectivity index (χ1v) is 7.22. The Bertz CT molecular complexity index is 370. The average molecular weight is 272 g/mol. The molecule has 0 bridgehead atoms. The summed E-state index contributed by atoms with van der Waals surface area (Å²) in [6, 6.07) is -0.633. The molecule has 1 aliphatic heterocycles. The summed E-state index contributed by atoms with van der Waals surface area (Å²) in [5.41, 5.74) is -1.10. The number of hydrogen-bond acceptors (Lipinski definition) is 4. The second-order valence-corrected chi connectivity index (χ2v) is 6.21. The van der Waals surface area contributed by atoms with Crippen LogP contribution in [0, 0.1) is 11.3 Å². The topological polar surface area (TPSA) is 66.5 Å². The molecule has 1 atom stereocenters. The molecule has 6 heteroatoms. The molecule has 1 aliphatic rings. The largest absolute Gasteiger partial charge is 0.330 e. The molecule has 102 valence electrons. The lowest BCUT2D eigenvalue weighted by Gasteiger charge is -2.38. The molecule has 0 saturated carbocycles. The molecular weight excluding hydrogens is 252 g/mol. The van der Waals surface area contributed by atoms with Crippen LogP contribution in [0.2, 0.25) is 0 Å². The first kappa shape index (κ1) is 15.0. The van der Waals surface area contributed by atoms with E-state index in [1.807, 2.05) is 20.8 Å². The predicted octanol–water partition coefficient (Wildman–Crippen LogP) is 1.48. The summed E-state index contributed by atoms with van der Waals surface area (Å²) in [4.78, 5) is 36.9. The van der Waals surface area contributed by atoms with Gasteiger partial charge in [0.25, 0.3) is 0 Å². The van der Waals surface area contributed by atoms with E-state index in [4.69, 9.17) is 0 Å². The van der Waals surface area contributed by atoms with E-state index < -0.39 is 17.4 Å². The van der Waals surface area contributed by atoms with Gasteiger partial charge in [-0.3, -0.25) is 19.8 Å². The molecule has 1 N–H and O–H groups in total. The zero-order chi connectivity index (χ0) is 13.9. The minimum atomic E-state index is -1.10. The van der Waals surface area contributed by atoms with E-state index in [9.17, 15) is 14.4 Å². The Hall–Kier alpha value is -1.04. The Morgan fingerprint density at radius 3 is 2.44 bits per heavy atom. The lowest BCUT2D eigenvalue weighted by molar-refractivity contribution is -0.150. The standard InChI is InChI=1S/C12H20N2O3S/c1-5-18-7-12(6-8(2)3)9(15)13-11(17)14(4)10(12)16/h8H,5-7H2,1-4H3,(H,13,15,17). The number of carbonyl (C=O) groups is 3. The van der Waals surface area contributed by atoms with E-state index in [-0.39, 0.29) is 11.8 Å². The van der Waals surface area contributed by atoms with Crippen LogP contribution in [0.4, 0.5) is 4.79 Å². The van der Waals surface area contributed by atoms with Crippen molar-refractivity contribution in [2.75, 3.05) is 18.6 Å². The van der Waals surface area contributed by atoms with E-state index in [1.54, 1.807) is 11.8 Å². The number of imide groups is 2. The number of thioether (sulfide) groups is 1. The van der Waals surface area contributed by atoms with Crippen LogP contribution in [0.1, 0.15) is 27.2 Å². The number of barbiturate groups is 1. The van der Waals surface area contributed by atoms with Crippen LogP contribution in [0.25, 0.3) is 0 Å². The second kappa shape index (κ2) is 5.73. The van der Waals surface area contributed by atoms with Crippen LogP contribution >= 0.6 is 11.8 Å². The molecule has 18 heavy (non-hydrogen) atoms. The molecule has 0 spiro atoms. The molecule has 0 aromatic rings. The Balaban J connectivity index is 3.08. The van der Waals surface area contributed by atoms with Crippen molar-refractivity contribution < 1.29 is 14.4 Å². The highest BCUT2D eigenvalue weighted by molar-refractivity contribution is 7.99. The van der Waals surface area contributed by atoms with Crippen molar-refractivity contribution in [3.8, 4) is 0 Å². The molecule has 0 aromatic carbocycles. The van der Waals surface area contributed by atoms with Gasteiger partial charge in [-0.05, 0) is 18.1 Å². The highest BCUT2D eigenvalue weighted by Crippen LogP contribution is 2.35. The smallest absolute Gasteiger partial charge is 0.277 e. The maximum atomic E-state index is 12.3. The van der Waals surface area contributed by atoms with E-state index in [1.165, 1.54) is 7.05 Å². The van der Waals surface area contributed by atoms with Crippen molar-refractivity contribution in [3.63, 3.8) is 0 Å². The lowest BCUT2D eigenvalue weighted by Crippen LogP contribution is -2.64. The van der Waals surface area contributed by atoms with Crippen LogP contribution in [-0.2, 0) is 9.59 Å². The Morgan fingerprint density at radius 1 is 1.33 bits per heavy atom. The molecule has 1 saturated heterocycles. The number of nitrogens with one attached hydrogen (secondary N) is 1. The molecule has 0 aliphatic carbocycles. The van der Waals surface area contributed by atoms with Gasteiger partial charge < -0.3 is 0 Å². The third-order valence-electron chi connectivity index (χ3n) is 2.98. The predicted molar refractivity (Wildman–Crippen MR) is 71.2 cm³/mol. The van der Waals surface area contributed by atoms with Crippen LogP contribution in [0.3, 0.4) is 0 Å². The van der Waals surface area contributed by atoms with Gasteiger partial charge in [-0.15, -0.1) is 0 Å². The fraction of sp³-hybridized carbons (Fsp3) is 0.750. The van der Waals surface area contributed by atoms with E-state index in [0.29, 0.717) is 12.2 Å². The van der Waals surface area contributed by atoms with E-state index in [2.05, 4.69) is 5.32 Å². The van der Waals surface area contributed by atoms with Crippen LogP contribution in [-0.4, -0.2) is 41.3 Å². The number of urea groups is 1. The van der Waals surface area contributed by atoms with Crippen molar-refractivity contribution >= 4 is 29.6 Å². The quantitative estimate of drug-likeness (QED) is 0.770. The first-order chi connectivity index (χ1) is 8.35. The molecule has 1 fully saturated rings. The summed E-state index contributed by atoms with van der Waals surface area (Å²) in [7, 11) is 1.41. The van der Waals surface area contributed by atoms with Gasteiger partial charge in [0.05, 0.1) is 0 Å². The van der Waals surface area contributed by atoms with Gasteiger partial charge in [-0.25, -0.2) is 4.79 Å². The Labute approximate surface area is 112 Å². The van der Waals surface area contributed by atoms with Crippen molar-refractivity contribution in [2.45, 2.75) is 27.2 Å². The fourth-order valence-corrected chi connectivity index (χ4v) is 3.08. The van der Waals surface area contributed by atoms with E-state index >= 15 is 0 Å². The maximum Gasteiger partial charge on any atom is 0.330 e. The molecule has 1 unspecified atom stereocenters. The van der Waals surface area contributed by atoms with Crippen molar-refractivity contribution in [2.24, 2.45) is 11.3 Å². The summed E-state index contributed by atoms with van der Waals surface area (Å²) in [5.74, 6) is 0.622. The summed E-state index contributed by atoms with van der Waals surface area (Å²) < 4.78 is 0. The third-order valence-corrected chi connectivity index (χ3v) is 4.09. The molecular formula is C12H20N2O3S. The molecule has 1 heterocycles. The number of carbonyl (C=O) groups excluding carboxylic acids is 3. The van der Waals surface area contributed by atoms with Gasteiger partial charge in [0.15, 0.2) is 0 Å². The summed E-state index contributed by atoms with van der Waals surface area (Å²) in [5, 5.41) is 2.28. The molecule has 1 rings (SSSR count). The van der Waals surface area contributed by atoms with Crippen molar-refractivity contribution in [1.82, 2.24) is 10.2 Å². The van der Waals surface area contributed by atoms with E-state index in [0.717, 1.165) is 10.7 Å². The zero-order valence-electron chi connectivity index (χ0n) is 11.3. The van der Waals surface area contributed by atoms with Crippen molar-refractivity contribution in [1.29, 1.82) is 0 Å². The minimum Gasteiger partial charge on any atom is -0.277 e. The monoisotopic (exact) mass is 272 g/mol. The zero-order valence-corrected chi connectivity index (χ0v) is 12.1. The molecule has 0 aromatic heterocycles. The lowest BCUT2D eigenvalue weighted by atomic mass is 9.78. The first-order valence-electron chi connectivity index (χ1n) is 6.06. The summed E-state index contributed by atoms with van der Waals surface area (Å²) >= 11 is 1.55. The number of nitrogens with zero attached hydrogens (tertiary/aromatic N) is 1.